The Hall–Kier alpha value is 0.310. The molecular formula is C9H17NS. The number of hydrogen-bond donors (Lipinski definition) is 1. The van der Waals surface area contributed by atoms with Crippen LogP contribution in [0.3, 0.4) is 0 Å². The van der Waals surface area contributed by atoms with Crippen LogP contribution in [0.1, 0.15) is 26.2 Å². The topological polar surface area (TPSA) is 12.0 Å². The van der Waals surface area contributed by atoms with Crippen LogP contribution in [0.4, 0.5) is 0 Å². The van der Waals surface area contributed by atoms with Crippen molar-refractivity contribution in [1.29, 1.82) is 0 Å². The summed E-state index contributed by atoms with van der Waals surface area (Å²) in [7, 11) is 0. The second kappa shape index (κ2) is 3.36. The average Bonchev–Trinajstić information content (AvgIpc) is 2.87. The van der Waals surface area contributed by atoms with Gasteiger partial charge in [-0.1, -0.05) is 6.92 Å². The first-order valence-corrected chi connectivity index (χ1v) is 5.81. The van der Waals surface area contributed by atoms with Gasteiger partial charge in [0.1, 0.15) is 0 Å². The van der Waals surface area contributed by atoms with E-state index in [9.17, 15) is 0 Å². The first kappa shape index (κ1) is 7.93. The second-order valence-corrected chi connectivity index (χ2v) is 4.98. The molecule has 0 aromatic heterocycles. The van der Waals surface area contributed by atoms with Crippen molar-refractivity contribution in [3.63, 3.8) is 0 Å². The zero-order chi connectivity index (χ0) is 7.68. The molecule has 2 aliphatic rings. The second-order valence-electron chi connectivity index (χ2n) is 3.63. The van der Waals surface area contributed by atoms with E-state index in [1.54, 1.807) is 0 Å². The summed E-state index contributed by atoms with van der Waals surface area (Å²) in [5.74, 6) is 2.36. The van der Waals surface area contributed by atoms with Crippen molar-refractivity contribution >= 4 is 11.8 Å². The molecular weight excluding hydrogens is 154 g/mol. The Morgan fingerprint density at radius 1 is 1.45 bits per heavy atom. The van der Waals surface area contributed by atoms with Gasteiger partial charge >= 0.3 is 0 Å². The van der Waals surface area contributed by atoms with E-state index in [1.165, 1.54) is 31.6 Å². The van der Waals surface area contributed by atoms with Gasteiger partial charge in [0, 0.05) is 23.6 Å². The first-order chi connectivity index (χ1) is 5.42. The van der Waals surface area contributed by atoms with Crippen LogP contribution in [-0.2, 0) is 0 Å². The van der Waals surface area contributed by atoms with Crippen molar-refractivity contribution in [3.8, 4) is 0 Å². The van der Waals surface area contributed by atoms with Gasteiger partial charge < -0.3 is 5.32 Å². The molecule has 0 aromatic carbocycles. The van der Waals surface area contributed by atoms with Gasteiger partial charge in [-0.05, 0) is 25.2 Å². The van der Waals surface area contributed by atoms with Gasteiger partial charge in [-0.25, -0.2) is 0 Å². The number of hydrogen-bond acceptors (Lipinski definition) is 2. The molecule has 0 spiro atoms. The van der Waals surface area contributed by atoms with Crippen LogP contribution in [0.15, 0.2) is 0 Å². The molecule has 1 heterocycles. The lowest BCUT2D eigenvalue weighted by Gasteiger charge is -2.31. The zero-order valence-corrected chi connectivity index (χ0v) is 7.99. The highest BCUT2D eigenvalue weighted by atomic mass is 32.2. The van der Waals surface area contributed by atoms with Crippen molar-refractivity contribution in [2.45, 2.75) is 37.5 Å². The fourth-order valence-electron chi connectivity index (χ4n) is 1.97. The molecule has 2 unspecified atom stereocenters. The monoisotopic (exact) mass is 171 g/mol. The number of thioether (sulfide) groups is 1. The average molecular weight is 171 g/mol. The normalized spacial score (nSPS) is 39.0. The molecule has 0 bridgehead atoms. The van der Waals surface area contributed by atoms with Gasteiger partial charge in [0.15, 0.2) is 0 Å². The van der Waals surface area contributed by atoms with E-state index < -0.39 is 0 Å². The maximum Gasteiger partial charge on any atom is 0.0215 e. The van der Waals surface area contributed by atoms with Gasteiger partial charge in [0.05, 0.1) is 0 Å². The minimum Gasteiger partial charge on any atom is -0.312 e. The predicted octanol–water partition coefficient (Wildman–Crippen LogP) is 1.88. The maximum absolute atomic E-state index is 3.66. The molecule has 64 valence electrons. The summed E-state index contributed by atoms with van der Waals surface area (Å²) < 4.78 is 0. The Kier molecular flexibility index (Phi) is 2.42. The molecule has 2 fully saturated rings. The fourth-order valence-corrected chi connectivity index (χ4v) is 3.27. The van der Waals surface area contributed by atoms with E-state index in [-0.39, 0.29) is 0 Å². The van der Waals surface area contributed by atoms with Gasteiger partial charge in [-0.15, -0.1) is 0 Å². The predicted molar refractivity (Wildman–Crippen MR) is 51.1 cm³/mol. The third kappa shape index (κ3) is 1.73. The van der Waals surface area contributed by atoms with Gasteiger partial charge in [-0.3, -0.25) is 0 Å². The summed E-state index contributed by atoms with van der Waals surface area (Å²) in [4.78, 5) is 0. The SMILES string of the molecule is CCC1SCCNC1C1CC1. The standard InChI is InChI=1S/C9H17NS/c1-2-8-9(7-3-4-7)10-5-6-11-8/h7-10H,2-6H2,1H3. The van der Waals surface area contributed by atoms with E-state index in [0.717, 1.165) is 17.2 Å². The van der Waals surface area contributed by atoms with Crippen LogP contribution in [0, 0.1) is 5.92 Å². The number of nitrogens with one attached hydrogen (secondary N) is 1. The molecule has 1 saturated carbocycles. The molecule has 0 amide bonds. The van der Waals surface area contributed by atoms with Crippen LogP contribution in [0.25, 0.3) is 0 Å². The molecule has 1 aliphatic carbocycles. The van der Waals surface area contributed by atoms with E-state index >= 15 is 0 Å². The summed E-state index contributed by atoms with van der Waals surface area (Å²) in [5, 5.41) is 4.57. The zero-order valence-electron chi connectivity index (χ0n) is 7.18. The van der Waals surface area contributed by atoms with Gasteiger partial charge in [0.2, 0.25) is 0 Å². The van der Waals surface area contributed by atoms with E-state index in [0.29, 0.717) is 0 Å². The quantitative estimate of drug-likeness (QED) is 0.681. The molecule has 1 aliphatic heterocycles. The van der Waals surface area contributed by atoms with Crippen LogP contribution in [-0.4, -0.2) is 23.6 Å². The molecule has 0 radical (unpaired) electrons. The molecule has 1 nitrogen and oxygen atoms in total. The van der Waals surface area contributed by atoms with Crippen molar-refractivity contribution in [2.24, 2.45) is 5.92 Å². The summed E-state index contributed by atoms with van der Waals surface area (Å²) in [6.45, 7) is 3.56. The van der Waals surface area contributed by atoms with Gasteiger partial charge in [0.25, 0.3) is 0 Å². The summed E-state index contributed by atoms with van der Waals surface area (Å²) >= 11 is 2.18. The lowest BCUT2D eigenvalue weighted by Crippen LogP contribution is -2.45. The first-order valence-electron chi connectivity index (χ1n) is 4.77. The molecule has 0 aromatic rings. The molecule has 2 heteroatoms. The molecule has 2 atom stereocenters. The Balaban J connectivity index is 1.91. The Labute approximate surface area is 73.3 Å². The Morgan fingerprint density at radius 2 is 2.27 bits per heavy atom. The summed E-state index contributed by atoms with van der Waals surface area (Å²) in [6.07, 6.45) is 4.31. The summed E-state index contributed by atoms with van der Waals surface area (Å²) in [5.41, 5.74) is 0. The Morgan fingerprint density at radius 3 is 2.91 bits per heavy atom. The van der Waals surface area contributed by atoms with E-state index in [4.69, 9.17) is 0 Å². The lowest BCUT2D eigenvalue weighted by molar-refractivity contribution is 0.442. The van der Waals surface area contributed by atoms with Gasteiger partial charge in [-0.2, -0.15) is 11.8 Å². The third-order valence-electron chi connectivity index (χ3n) is 2.75. The molecule has 1 N–H and O–H groups in total. The Bertz CT molecular complexity index is 134. The minimum atomic E-state index is 0.860. The van der Waals surface area contributed by atoms with Crippen LogP contribution >= 0.6 is 11.8 Å². The third-order valence-corrected chi connectivity index (χ3v) is 4.24. The maximum atomic E-state index is 3.66. The van der Waals surface area contributed by atoms with Crippen molar-refractivity contribution in [1.82, 2.24) is 5.32 Å². The molecule has 11 heavy (non-hydrogen) atoms. The van der Waals surface area contributed by atoms with Crippen molar-refractivity contribution in [3.05, 3.63) is 0 Å². The van der Waals surface area contributed by atoms with Crippen molar-refractivity contribution in [2.75, 3.05) is 12.3 Å². The smallest absolute Gasteiger partial charge is 0.0215 e. The van der Waals surface area contributed by atoms with E-state index in [2.05, 4.69) is 24.0 Å². The van der Waals surface area contributed by atoms with Crippen LogP contribution in [0.5, 0.6) is 0 Å². The molecule has 1 saturated heterocycles. The fraction of sp³-hybridized carbons (Fsp3) is 1.00. The highest BCUT2D eigenvalue weighted by Gasteiger charge is 2.37. The lowest BCUT2D eigenvalue weighted by atomic mass is 10.1. The highest BCUT2D eigenvalue weighted by Crippen LogP contribution is 2.39. The summed E-state index contributed by atoms with van der Waals surface area (Å²) in [6, 6.07) is 0.860. The van der Waals surface area contributed by atoms with Crippen molar-refractivity contribution < 1.29 is 0 Å². The van der Waals surface area contributed by atoms with Crippen LogP contribution in [0.2, 0.25) is 0 Å². The number of rotatable bonds is 2. The largest absolute Gasteiger partial charge is 0.312 e. The highest BCUT2D eigenvalue weighted by molar-refractivity contribution is 8.00. The molecule has 2 rings (SSSR count). The van der Waals surface area contributed by atoms with Crippen LogP contribution < -0.4 is 5.32 Å². The minimum absolute atomic E-state index is 0.860. The van der Waals surface area contributed by atoms with E-state index in [1.807, 2.05) is 0 Å².